The van der Waals surface area contributed by atoms with Crippen molar-refractivity contribution in [3.8, 4) is 17.1 Å². The predicted octanol–water partition coefficient (Wildman–Crippen LogP) is 2.28. The fraction of sp³-hybridized carbons (Fsp3) is 0. The Morgan fingerprint density at radius 3 is 2.79 bits per heavy atom. The highest BCUT2D eigenvalue weighted by molar-refractivity contribution is 6.33. The molecule has 1 aromatic heterocycles. The first kappa shape index (κ1) is 8.90. The normalized spacial score (nSPS) is 10.4. The molecule has 0 unspecified atom stereocenters. The van der Waals surface area contributed by atoms with E-state index < -0.39 is 0 Å². The van der Waals surface area contributed by atoms with Gasteiger partial charge in [0.2, 0.25) is 0 Å². The maximum atomic E-state index is 9.25. The summed E-state index contributed by atoms with van der Waals surface area (Å²) in [7, 11) is 0. The molecule has 14 heavy (non-hydrogen) atoms. The lowest BCUT2D eigenvalue weighted by molar-refractivity contribution is 0.435. The number of hydrogen-bond acceptors (Lipinski definition) is 4. The van der Waals surface area contributed by atoms with Crippen LogP contribution in [0.1, 0.15) is 0 Å². The van der Waals surface area contributed by atoms with Gasteiger partial charge in [-0.2, -0.15) is 0 Å². The molecular weight excluding hydrogens is 204 g/mol. The number of nitrogens with two attached hydrogens (primary N) is 1. The highest BCUT2D eigenvalue weighted by Crippen LogP contribution is 2.31. The molecule has 72 valence electrons. The fourth-order valence-electron chi connectivity index (χ4n) is 1.12. The second-order valence-electron chi connectivity index (χ2n) is 2.78. The molecule has 1 aromatic carbocycles. The van der Waals surface area contributed by atoms with Gasteiger partial charge >= 0.3 is 0 Å². The maximum Gasteiger partial charge on any atom is 0.170 e. The summed E-state index contributed by atoms with van der Waals surface area (Å²) in [5.74, 6) is 0.821. The summed E-state index contributed by atoms with van der Waals surface area (Å²) < 4.78 is 4.92. The molecular formula is C9H7ClN2O2. The van der Waals surface area contributed by atoms with Gasteiger partial charge in [0, 0.05) is 11.6 Å². The van der Waals surface area contributed by atoms with Gasteiger partial charge in [0.25, 0.3) is 0 Å². The number of benzene rings is 1. The Labute approximate surface area is 84.9 Å². The molecule has 1 heterocycles. The zero-order valence-corrected chi connectivity index (χ0v) is 7.82. The molecule has 0 aliphatic rings. The van der Waals surface area contributed by atoms with Crippen molar-refractivity contribution in [2.24, 2.45) is 0 Å². The minimum atomic E-state index is 0.111. The SMILES string of the molecule is Nc1cc(-c2cc(O)ccc2Cl)on1. The topological polar surface area (TPSA) is 72.3 Å². The van der Waals surface area contributed by atoms with Crippen LogP contribution in [0.2, 0.25) is 5.02 Å². The number of aromatic nitrogens is 1. The van der Waals surface area contributed by atoms with Crippen LogP contribution in [0.5, 0.6) is 5.75 Å². The van der Waals surface area contributed by atoms with Crippen LogP contribution in [0.3, 0.4) is 0 Å². The van der Waals surface area contributed by atoms with Crippen LogP contribution in [-0.2, 0) is 0 Å². The van der Waals surface area contributed by atoms with Crippen molar-refractivity contribution in [3.05, 3.63) is 29.3 Å². The fourth-order valence-corrected chi connectivity index (χ4v) is 1.33. The van der Waals surface area contributed by atoms with Crippen molar-refractivity contribution in [2.75, 3.05) is 5.73 Å². The molecule has 0 saturated heterocycles. The van der Waals surface area contributed by atoms with E-state index in [0.29, 0.717) is 16.3 Å². The lowest BCUT2D eigenvalue weighted by atomic mass is 10.1. The summed E-state index contributed by atoms with van der Waals surface area (Å²) in [6, 6.07) is 6.10. The third-order valence-corrected chi connectivity index (χ3v) is 2.07. The number of nitrogens with zero attached hydrogens (tertiary/aromatic N) is 1. The minimum Gasteiger partial charge on any atom is -0.508 e. The van der Waals surface area contributed by atoms with Crippen LogP contribution in [0, 0.1) is 0 Å². The summed E-state index contributed by atoms with van der Waals surface area (Å²) in [4.78, 5) is 0. The summed E-state index contributed by atoms with van der Waals surface area (Å²) in [6.07, 6.45) is 0. The first-order valence-electron chi connectivity index (χ1n) is 3.88. The zero-order valence-electron chi connectivity index (χ0n) is 7.07. The molecule has 0 bridgehead atoms. The first-order valence-corrected chi connectivity index (χ1v) is 4.25. The Balaban J connectivity index is 2.55. The van der Waals surface area contributed by atoms with Gasteiger partial charge in [0.15, 0.2) is 11.6 Å². The van der Waals surface area contributed by atoms with Crippen LogP contribution >= 0.6 is 11.6 Å². The number of phenols is 1. The molecule has 0 spiro atoms. The van der Waals surface area contributed by atoms with Crippen LogP contribution in [0.4, 0.5) is 5.82 Å². The van der Waals surface area contributed by atoms with Crippen molar-refractivity contribution in [1.82, 2.24) is 5.16 Å². The van der Waals surface area contributed by atoms with Crippen LogP contribution in [-0.4, -0.2) is 10.3 Å². The Morgan fingerprint density at radius 2 is 2.14 bits per heavy atom. The van der Waals surface area contributed by atoms with Gasteiger partial charge in [-0.25, -0.2) is 0 Å². The Bertz CT molecular complexity index is 468. The van der Waals surface area contributed by atoms with Crippen LogP contribution in [0.25, 0.3) is 11.3 Å². The number of rotatable bonds is 1. The quantitative estimate of drug-likeness (QED) is 0.758. The van der Waals surface area contributed by atoms with Gasteiger partial charge in [-0.15, -0.1) is 0 Å². The third-order valence-electron chi connectivity index (χ3n) is 1.74. The van der Waals surface area contributed by atoms with Crippen molar-refractivity contribution >= 4 is 17.4 Å². The Morgan fingerprint density at radius 1 is 1.36 bits per heavy atom. The summed E-state index contributed by atoms with van der Waals surface area (Å²) >= 11 is 5.90. The van der Waals surface area contributed by atoms with E-state index in [0.717, 1.165) is 0 Å². The molecule has 2 rings (SSSR count). The molecule has 3 N–H and O–H groups in total. The van der Waals surface area contributed by atoms with E-state index in [-0.39, 0.29) is 11.6 Å². The molecule has 0 amide bonds. The zero-order chi connectivity index (χ0) is 10.1. The highest BCUT2D eigenvalue weighted by atomic mass is 35.5. The summed E-state index contributed by atoms with van der Waals surface area (Å²) in [6.45, 7) is 0. The third kappa shape index (κ3) is 1.52. The Kier molecular flexibility index (Phi) is 2.05. The van der Waals surface area contributed by atoms with E-state index in [1.807, 2.05) is 0 Å². The molecule has 0 fully saturated rings. The molecule has 0 atom stereocenters. The number of phenolic OH excluding ortho intramolecular Hbond substituents is 1. The maximum absolute atomic E-state index is 9.25. The summed E-state index contributed by atoms with van der Waals surface area (Å²) in [5.41, 5.74) is 5.96. The first-order chi connectivity index (χ1) is 6.66. The van der Waals surface area contributed by atoms with E-state index in [2.05, 4.69) is 5.16 Å². The number of hydrogen-bond donors (Lipinski definition) is 2. The predicted molar refractivity (Wildman–Crippen MR) is 53.0 cm³/mol. The number of nitrogen functional groups attached to an aromatic ring is 1. The van der Waals surface area contributed by atoms with Gasteiger partial charge in [-0.05, 0) is 18.2 Å². The average molecular weight is 211 g/mol. The van der Waals surface area contributed by atoms with Crippen molar-refractivity contribution in [2.45, 2.75) is 0 Å². The van der Waals surface area contributed by atoms with Gasteiger partial charge in [0.1, 0.15) is 5.75 Å². The molecule has 0 radical (unpaired) electrons. The molecule has 0 saturated carbocycles. The largest absolute Gasteiger partial charge is 0.508 e. The van der Waals surface area contributed by atoms with Gasteiger partial charge in [0.05, 0.1) is 5.02 Å². The molecule has 0 aliphatic carbocycles. The molecule has 2 aromatic rings. The number of halogens is 1. The van der Waals surface area contributed by atoms with Crippen molar-refractivity contribution < 1.29 is 9.63 Å². The second-order valence-corrected chi connectivity index (χ2v) is 3.19. The Hall–Kier alpha value is -1.68. The second kappa shape index (κ2) is 3.23. The van der Waals surface area contributed by atoms with E-state index in [9.17, 15) is 5.11 Å². The van der Waals surface area contributed by atoms with Gasteiger partial charge in [-0.1, -0.05) is 16.8 Å². The van der Waals surface area contributed by atoms with Gasteiger partial charge < -0.3 is 15.4 Å². The smallest absolute Gasteiger partial charge is 0.170 e. The van der Waals surface area contributed by atoms with Gasteiger partial charge in [-0.3, -0.25) is 0 Å². The number of aromatic hydroxyl groups is 1. The number of anilines is 1. The minimum absolute atomic E-state index is 0.111. The summed E-state index contributed by atoms with van der Waals surface area (Å²) in [5, 5.41) is 13.3. The average Bonchev–Trinajstić information content (AvgIpc) is 2.56. The van der Waals surface area contributed by atoms with Crippen LogP contribution in [0.15, 0.2) is 28.8 Å². The lowest BCUT2D eigenvalue weighted by Crippen LogP contribution is -1.80. The van der Waals surface area contributed by atoms with E-state index in [1.165, 1.54) is 12.1 Å². The van der Waals surface area contributed by atoms with Crippen molar-refractivity contribution in [1.29, 1.82) is 0 Å². The van der Waals surface area contributed by atoms with E-state index >= 15 is 0 Å². The molecule has 0 aliphatic heterocycles. The molecule has 4 nitrogen and oxygen atoms in total. The monoisotopic (exact) mass is 210 g/mol. The van der Waals surface area contributed by atoms with Crippen molar-refractivity contribution in [3.63, 3.8) is 0 Å². The van der Waals surface area contributed by atoms with Crippen LogP contribution < -0.4 is 5.73 Å². The van der Waals surface area contributed by atoms with E-state index in [4.69, 9.17) is 21.9 Å². The lowest BCUT2D eigenvalue weighted by Gasteiger charge is -1.99. The molecule has 5 heteroatoms. The van der Waals surface area contributed by atoms with E-state index in [1.54, 1.807) is 12.1 Å². The standard InChI is InChI=1S/C9H7ClN2O2/c10-7-2-1-5(13)3-6(7)8-4-9(11)12-14-8/h1-4,13H,(H2,11,12). The highest BCUT2D eigenvalue weighted by Gasteiger charge is 2.09.